The zero-order valence-corrected chi connectivity index (χ0v) is 14.1. The molecule has 0 radical (unpaired) electrons. The molecule has 0 saturated carbocycles. The molecule has 1 N–H and O–H groups in total. The first-order valence-electron chi connectivity index (χ1n) is 8.44. The number of hydrogen-bond acceptors (Lipinski definition) is 4. The first-order valence-corrected chi connectivity index (χ1v) is 8.44. The Bertz CT molecular complexity index is 777. The number of hydrogen-bond donors (Lipinski definition) is 1. The van der Waals surface area contributed by atoms with Gasteiger partial charge in [-0.2, -0.15) is 0 Å². The van der Waals surface area contributed by atoms with E-state index in [0.29, 0.717) is 30.3 Å². The summed E-state index contributed by atoms with van der Waals surface area (Å²) in [6.45, 7) is 3.53. The van der Waals surface area contributed by atoms with Gasteiger partial charge in [0, 0.05) is 30.4 Å². The maximum atomic E-state index is 12.7. The van der Waals surface area contributed by atoms with Gasteiger partial charge in [0.15, 0.2) is 0 Å². The third-order valence-corrected chi connectivity index (χ3v) is 4.44. The SMILES string of the molecule is CC1CCCN(C(=O)c2ccc(Nc3ccccc3)c([N+](=O)[O-])c2)C1. The molecule has 1 fully saturated rings. The predicted molar refractivity (Wildman–Crippen MR) is 97.1 cm³/mol. The third kappa shape index (κ3) is 3.96. The second-order valence-corrected chi connectivity index (χ2v) is 6.48. The van der Waals surface area contributed by atoms with Crippen molar-refractivity contribution in [3.05, 3.63) is 64.2 Å². The fraction of sp³-hybridized carbons (Fsp3) is 0.316. The number of carbonyl (C=O) groups is 1. The summed E-state index contributed by atoms with van der Waals surface area (Å²) in [5.74, 6) is 0.326. The van der Waals surface area contributed by atoms with Crippen LogP contribution in [0.1, 0.15) is 30.1 Å². The van der Waals surface area contributed by atoms with Crippen LogP contribution < -0.4 is 5.32 Å². The number of carbonyl (C=O) groups excluding carboxylic acids is 1. The molecule has 1 atom stereocenters. The van der Waals surface area contributed by atoms with Crippen molar-refractivity contribution in [2.75, 3.05) is 18.4 Å². The third-order valence-electron chi connectivity index (χ3n) is 4.44. The smallest absolute Gasteiger partial charge is 0.293 e. The van der Waals surface area contributed by atoms with Gasteiger partial charge < -0.3 is 10.2 Å². The van der Waals surface area contributed by atoms with Gasteiger partial charge in [-0.1, -0.05) is 25.1 Å². The van der Waals surface area contributed by atoms with Crippen molar-refractivity contribution in [2.45, 2.75) is 19.8 Å². The Labute approximate surface area is 146 Å². The van der Waals surface area contributed by atoms with Crippen molar-refractivity contribution in [2.24, 2.45) is 5.92 Å². The van der Waals surface area contributed by atoms with Crippen molar-refractivity contribution in [1.82, 2.24) is 4.90 Å². The summed E-state index contributed by atoms with van der Waals surface area (Å²) in [5, 5.41) is 14.5. The van der Waals surface area contributed by atoms with Crippen molar-refractivity contribution in [3.8, 4) is 0 Å². The molecule has 3 rings (SSSR count). The molecule has 130 valence electrons. The molecule has 2 aromatic rings. The molecular weight excluding hydrogens is 318 g/mol. The number of nitro groups is 1. The van der Waals surface area contributed by atoms with Gasteiger partial charge in [0.1, 0.15) is 5.69 Å². The fourth-order valence-corrected chi connectivity index (χ4v) is 3.15. The topological polar surface area (TPSA) is 75.5 Å². The molecule has 1 unspecified atom stereocenters. The lowest BCUT2D eigenvalue weighted by Crippen LogP contribution is -2.39. The van der Waals surface area contributed by atoms with Crippen molar-refractivity contribution < 1.29 is 9.72 Å². The minimum atomic E-state index is -0.457. The summed E-state index contributed by atoms with van der Waals surface area (Å²) in [7, 11) is 0. The highest BCUT2D eigenvalue weighted by Gasteiger charge is 2.24. The maximum absolute atomic E-state index is 12.7. The number of benzene rings is 2. The molecular formula is C19H21N3O3. The summed E-state index contributed by atoms with van der Waals surface area (Å²) in [6, 6.07) is 13.9. The summed E-state index contributed by atoms with van der Waals surface area (Å²) < 4.78 is 0. The lowest BCUT2D eigenvalue weighted by atomic mass is 9.99. The molecule has 0 spiro atoms. The lowest BCUT2D eigenvalue weighted by molar-refractivity contribution is -0.383. The van der Waals surface area contributed by atoms with Gasteiger partial charge in [-0.05, 0) is 43.0 Å². The number of likely N-dealkylation sites (tertiary alicyclic amines) is 1. The maximum Gasteiger partial charge on any atom is 0.293 e. The van der Waals surface area contributed by atoms with Crippen LogP contribution in [-0.2, 0) is 0 Å². The Balaban J connectivity index is 1.86. The summed E-state index contributed by atoms with van der Waals surface area (Å²) >= 11 is 0. The summed E-state index contributed by atoms with van der Waals surface area (Å²) in [6.07, 6.45) is 2.09. The first kappa shape index (κ1) is 17.0. The van der Waals surface area contributed by atoms with Gasteiger partial charge in [0.25, 0.3) is 11.6 Å². The Morgan fingerprint density at radius 3 is 2.68 bits per heavy atom. The molecule has 1 saturated heterocycles. The molecule has 1 aliphatic rings. The highest BCUT2D eigenvalue weighted by atomic mass is 16.6. The van der Waals surface area contributed by atoms with E-state index in [9.17, 15) is 14.9 Å². The highest BCUT2D eigenvalue weighted by Crippen LogP contribution is 2.29. The molecule has 0 bridgehead atoms. The van der Waals surface area contributed by atoms with E-state index < -0.39 is 4.92 Å². The molecule has 25 heavy (non-hydrogen) atoms. The second-order valence-electron chi connectivity index (χ2n) is 6.48. The van der Waals surface area contributed by atoms with Crippen LogP contribution in [0, 0.1) is 16.0 Å². The Morgan fingerprint density at radius 2 is 2.00 bits per heavy atom. The fourth-order valence-electron chi connectivity index (χ4n) is 3.15. The van der Waals surface area contributed by atoms with Crippen LogP contribution in [0.25, 0.3) is 0 Å². The van der Waals surface area contributed by atoms with E-state index in [1.807, 2.05) is 30.3 Å². The normalized spacial score (nSPS) is 17.2. The monoisotopic (exact) mass is 339 g/mol. The van der Waals surface area contributed by atoms with E-state index in [4.69, 9.17) is 0 Å². The number of nitrogens with one attached hydrogen (secondary N) is 1. The number of para-hydroxylation sites is 1. The van der Waals surface area contributed by atoms with Crippen molar-refractivity contribution in [3.63, 3.8) is 0 Å². The molecule has 1 amide bonds. The predicted octanol–water partition coefficient (Wildman–Crippen LogP) is 4.21. The minimum Gasteiger partial charge on any atom is -0.350 e. The quantitative estimate of drug-likeness (QED) is 0.669. The number of rotatable bonds is 4. The average molecular weight is 339 g/mol. The van der Waals surface area contributed by atoms with Gasteiger partial charge in [-0.15, -0.1) is 0 Å². The lowest BCUT2D eigenvalue weighted by Gasteiger charge is -2.31. The summed E-state index contributed by atoms with van der Waals surface area (Å²) in [5.41, 5.74) is 1.40. The van der Waals surface area contributed by atoms with Crippen molar-refractivity contribution in [1.29, 1.82) is 0 Å². The van der Waals surface area contributed by atoms with E-state index >= 15 is 0 Å². The number of anilines is 2. The van der Waals surface area contributed by atoms with E-state index in [1.54, 1.807) is 17.0 Å². The van der Waals surface area contributed by atoms with Crippen LogP contribution >= 0.6 is 0 Å². The number of piperidine rings is 1. The van der Waals surface area contributed by atoms with Gasteiger partial charge in [-0.25, -0.2) is 0 Å². The van der Waals surface area contributed by atoms with Crippen LogP contribution in [0.15, 0.2) is 48.5 Å². The molecule has 2 aromatic carbocycles. The van der Waals surface area contributed by atoms with Crippen LogP contribution in [-0.4, -0.2) is 28.8 Å². The number of nitrogens with zero attached hydrogens (tertiary/aromatic N) is 2. The van der Waals surface area contributed by atoms with Crippen LogP contribution in [0.5, 0.6) is 0 Å². The van der Waals surface area contributed by atoms with E-state index in [1.165, 1.54) is 6.07 Å². The number of nitro benzene ring substituents is 1. The Hall–Kier alpha value is -2.89. The molecule has 0 aliphatic carbocycles. The average Bonchev–Trinajstić information content (AvgIpc) is 2.62. The molecule has 1 heterocycles. The van der Waals surface area contributed by atoms with Crippen molar-refractivity contribution >= 4 is 23.0 Å². The first-order chi connectivity index (χ1) is 12.0. The highest BCUT2D eigenvalue weighted by molar-refractivity contribution is 5.96. The van der Waals surface area contributed by atoms with Gasteiger partial charge in [-0.3, -0.25) is 14.9 Å². The Morgan fingerprint density at radius 1 is 1.24 bits per heavy atom. The Kier molecular flexibility index (Phi) is 4.97. The van der Waals surface area contributed by atoms with Crippen LogP contribution in [0.4, 0.5) is 17.1 Å². The van der Waals surface area contributed by atoms with Gasteiger partial charge >= 0.3 is 0 Å². The standard InChI is InChI=1S/C19H21N3O3/c1-14-6-5-11-21(13-14)19(23)15-9-10-17(18(12-15)22(24)25)20-16-7-3-2-4-8-16/h2-4,7-10,12,14,20H,5-6,11,13H2,1H3. The van der Waals surface area contributed by atoms with Crippen LogP contribution in [0.2, 0.25) is 0 Å². The molecule has 0 aromatic heterocycles. The largest absolute Gasteiger partial charge is 0.350 e. The van der Waals surface area contributed by atoms with E-state index in [0.717, 1.165) is 18.5 Å². The molecule has 6 heteroatoms. The van der Waals surface area contributed by atoms with Gasteiger partial charge in [0.2, 0.25) is 0 Å². The molecule has 1 aliphatic heterocycles. The number of amides is 1. The van der Waals surface area contributed by atoms with E-state index in [-0.39, 0.29) is 11.6 Å². The van der Waals surface area contributed by atoms with Crippen LogP contribution in [0.3, 0.4) is 0 Å². The molecule has 6 nitrogen and oxygen atoms in total. The second kappa shape index (κ2) is 7.34. The van der Waals surface area contributed by atoms with Gasteiger partial charge in [0.05, 0.1) is 4.92 Å². The zero-order valence-electron chi connectivity index (χ0n) is 14.1. The van der Waals surface area contributed by atoms with E-state index in [2.05, 4.69) is 12.2 Å². The summed E-state index contributed by atoms with van der Waals surface area (Å²) in [4.78, 5) is 25.5. The minimum absolute atomic E-state index is 0.0974. The zero-order chi connectivity index (χ0) is 17.8.